The molecular weight excluding hydrogens is 508 g/mol. The number of thiazole rings is 1. The second kappa shape index (κ2) is 10.7. The molecule has 0 amide bonds. The number of hydrogen-bond acceptors (Lipinski definition) is 8. The highest BCUT2D eigenvalue weighted by Crippen LogP contribution is 2.30. The highest BCUT2D eigenvalue weighted by Gasteiger charge is 2.10. The van der Waals surface area contributed by atoms with Crippen molar-refractivity contribution in [1.82, 2.24) is 20.3 Å². The average Bonchev–Trinajstić information content (AvgIpc) is 3.22. The molecule has 4 rings (SSSR count). The lowest BCUT2D eigenvalue weighted by molar-refractivity contribution is 0.596. The van der Waals surface area contributed by atoms with E-state index in [9.17, 15) is 12.8 Å². The molecule has 0 radical (unpaired) electrons. The van der Waals surface area contributed by atoms with Crippen LogP contribution in [-0.2, 0) is 16.4 Å². The van der Waals surface area contributed by atoms with Gasteiger partial charge in [0, 0.05) is 41.4 Å². The number of fused-ring (bicyclic) bond motifs is 1. The number of nitrogens with one attached hydrogen (secondary N) is 2. The van der Waals surface area contributed by atoms with E-state index in [1.54, 1.807) is 6.07 Å². The largest absolute Gasteiger partial charge is 0.340 e. The van der Waals surface area contributed by atoms with Gasteiger partial charge in [-0.1, -0.05) is 17.7 Å². The van der Waals surface area contributed by atoms with E-state index in [4.69, 9.17) is 11.6 Å². The van der Waals surface area contributed by atoms with Crippen molar-refractivity contribution in [2.75, 3.05) is 23.9 Å². The van der Waals surface area contributed by atoms with E-state index in [0.717, 1.165) is 27.2 Å². The second-order valence-electron chi connectivity index (χ2n) is 7.14. The molecule has 2 aromatic heterocycles. The number of nitrogens with zero attached hydrogens (tertiary/aromatic N) is 3. The summed E-state index contributed by atoms with van der Waals surface area (Å²) in [4.78, 5) is 13.3. The van der Waals surface area contributed by atoms with Gasteiger partial charge in [-0.2, -0.15) is 0 Å². The summed E-state index contributed by atoms with van der Waals surface area (Å²) in [7, 11) is -2.99. The number of benzene rings is 2. The quantitative estimate of drug-likeness (QED) is 0.316. The number of halogens is 3. The van der Waals surface area contributed by atoms with Crippen LogP contribution in [0.2, 0.25) is 5.02 Å². The Kier molecular flexibility index (Phi) is 8.19. The van der Waals surface area contributed by atoms with Crippen molar-refractivity contribution in [2.24, 2.45) is 0 Å². The molecule has 2 heterocycles. The number of aromatic nitrogens is 3. The predicted octanol–water partition coefficient (Wildman–Crippen LogP) is 4.85. The Balaban J connectivity index is 0.00000306. The zero-order chi connectivity index (χ0) is 22.7. The van der Waals surface area contributed by atoms with E-state index in [2.05, 4.69) is 25.6 Å². The van der Waals surface area contributed by atoms with Crippen LogP contribution in [0, 0.1) is 5.82 Å². The van der Waals surface area contributed by atoms with Gasteiger partial charge in [0.2, 0.25) is 0 Å². The van der Waals surface area contributed by atoms with Crippen LogP contribution in [0.3, 0.4) is 0 Å². The average molecular weight is 528 g/mol. The number of sulfone groups is 1. The maximum Gasteiger partial charge on any atom is 0.148 e. The molecule has 0 atom stereocenters. The summed E-state index contributed by atoms with van der Waals surface area (Å²) in [5.74, 6) is 0.167. The van der Waals surface area contributed by atoms with Gasteiger partial charge in [-0.3, -0.25) is 0 Å². The minimum atomic E-state index is -2.99. The van der Waals surface area contributed by atoms with Gasteiger partial charge >= 0.3 is 0 Å². The van der Waals surface area contributed by atoms with Crippen molar-refractivity contribution >= 4 is 67.6 Å². The van der Waals surface area contributed by atoms with Gasteiger partial charge in [0.1, 0.15) is 32.8 Å². The Labute approximate surface area is 205 Å². The van der Waals surface area contributed by atoms with Crippen molar-refractivity contribution in [3.8, 4) is 11.3 Å². The molecule has 4 aromatic rings. The van der Waals surface area contributed by atoms with Gasteiger partial charge < -0.3 is 10.6 Å². The molecule has 174 valence electrons. The molecule has 2 aromatic carbocycles. The Bertz CT molecular complexity index is 1380. The highest BCUT2D eigenvalue weighted by molar-refractivity contribution is 7.90. The summed E-state index contributed by atoms with van der Waals surface area (Å²) in [6, 6.07) is 10.1. The Hall–Kier alpha value is -2.37. The molecule has 0 saturated heterocycles. The maximum atomic E-state index is 13.5. The van der Waals surface area contributed by atoms with Gasteiger partial charge in [0.25, 0.3) is 0 Å². The molecule has 0 saturated carbocycles. The van der Waals surface area contributed by atoms with E-state index >= 15 is 0 Å². The van der Waals surface area contributed by atoms with Crippen LogP contribution in [0.4, 0.5) is 15.9 Å². The van der Waals surface area contributed by atoms with Crippen molar-refractivity contribution in [3.63, 3.8) is 0 Å². The lowest BCUT2D eigenvalue weighted by Gasteiger charge is -2.10. The van der Waals surface area contributed by atoms with Gasteiger partial charge in [0.15, 0.2) is 0 Å². The molecule has 2 N–H and O–H groups in total. The summed E-state index contributed by atoms with van der Waals surface area (Å²) in [6.45, 7) is 0.874. The van der Waals surface area contributed by atoms with E-state index < -0.39 is 15.7 Å². The first-order valence-electron chi connectivity index (χ1n) is 9.58. The van der Waals surface area contributed by atoms with Crippen LogP contribution in [0.5, 0.6) is 0 Å². The smallest absolute Gasteiger partial charge is 0.148 e. The van der Waals surface area contributed by atoms with Crippen molar-refractivity contribution in [3.05, 3.63) is 64.0 Å². The van der Waals surface area contributed by atoms with Crippen LogP contribution in [-0.4, -0.2) is 41.9 Å². The molecule has 0 bridgehead atoms. The minimum Gasteiger partial charge on any atom is -0.340 e. The normalized spacial score (nSPS) is 11.4. The molecule has 0 aliphatic heterocycles. The third-order valence-corrected chi connectivity index (χ3v) is 6.68. The van der Waals surface area contributed by atoms with Crippen LogP contribution in [0.1, 0.15) is 5.01 Å². The summed E-state index contributed by atoms with van der Waals surface area (Å²) in [5, 5.41) is 9.88. The number of rotatable bonds is 8. The highest BCUT2D eigenvalue weighted by atomic mass is 35.5. The molecule has 7 nitrogen and oxygen atoms in total. The standard InChI is InChI=1S/C21H19ClFN5O2S2.ClH/c1-32(29,30)7-6-24-10-20-28-19(11-31-20)13-2-5-18-15(8-13)21(26-12-25-18)27-14-3-4-17(23)16(22)9-14;/h2-5,8-9,11-12,24H,6-7,10H2,1H3,(H,25,26,27);1H. The number of hydrogen-bond donors (Lipinski definition) is 2. The van der Waals surface area contributed by atoms with Gasteiger partial charge in [-0.15, -0.1) is 23.7 Å². The fraction of sp³-hybridized carbons (Fsp3) is 0.190. The summed E-state index contributed by atoms with van der Waals surface area (Å²) in [5.41, 5.74) is 3.05. The predicted molar refractivity (Wildman–Crippen MR) is 134 cm³/mol. The van der Waals surface area contributed by atoms with Crippen molar-refractivity contribution in [1.29, 1.82) is 0 Å². The molecule has 33 heavy (non-hydrogen) atoms. The third-order valence-electron chi connectivity index (χ3n) is 4.59. The summed E-state index contributed by atoms with van der Waals surface area (Å²) in [6.07, 6.45) is 2.67. The molecular formula is C21H20Cl2FN5O2S2. The van der Waals surface area contributed by atoms with Gasteiger partial charge in [0.05, 0.1) is 22.0 Å². The second-order valence-corrected chi connectivity index (χ2v) is 10.8. The molecule has 0 unspecified atom stereocenters. The van der Waals surface area contributed by atoms with E-state index in [1.165, 1.54) is 36.1 Å². The molecule has 0 aliphatic carbocycles. The lowest BCUT2D eigenvalue weighted by atomic mass is 10.1. The van der Waals surface area contributed by atoms with Crippen LogP contribution >= 0.6 is 35.3 Å². The minimum absolute atomic E-state index is 0. The van der Waals surface area contributed by atoms with E-state index in [1.807, 2.05) is 23.6 Å². The Morgan fingerprint density at radius 1 is 1.15 bits per heavy atom. The first-order valence-corrected chi connectivity index (χ1v) is 12.9. The first kappa shape index (κ1) is 25.3. The van der Waals surface area contributed by atoms with E-state index in [0.29, 0.717) is 24.6 Å². The van der Waals surface area contributed by atoms with Crippen molar-refractivity contribution < 1.29 is 12.8 Å². The SMILES string of the molecule is CS(=O)(=O)CCNCc1nc(-c2ccc3ncnc(Nc4ccc(F)c(Cl)c4)c3c2)cs1.Cl. The van der Waals surface area contributed by atoms with Gasteiger partial charge in [-0.05, 0) is 30.3 Å². The van der Waals surface area contributed by atoms with Crippen LogP contribution < -0.4 is 10.6 Å². The third kappa shape index (κ3) is 6.58. The monoisotopic (exact) mass is 527 g/mol. The number of anilines is 2. The zero-order valence-corrected chi connectivity index (χ0v) is 20.6. The lowest BCUT2D eigenvalue weighted by Crippen LogP contribution is -2.21. The van der Waals surface area contributed by atoms with Gasteiger partial charge in [-0.25, -0.2) is 27.8 Å². The zero-order valence-electron chi connectivity index (χ0n) is 17.4. The Morgan fingerprint density at radius 2 is 1.97 bits per heavy atom. The van der Waals surface area contributed by atoms with E-state index in [-0.39, 0.29) is 23.2 Å². The summed E-state index contributed by atoms with van der Waals surface area (Å²) < 4.78 is 35.9. The summed E-state index contributed by atoms with van der Waals surface area (Å²) >= 11 is 7.38. The molecule has 0 fully saturated rings. The van der Waals surface area contributed by atoms with Crippen molar-refractivity contribution in [2.45, 2.75) is 6.54 Å². The topological polar surface area (TPSA) is 96.9 Å². The van der Waals surface area contributed by atoms with Crippen LogP contribution in [0.15, 0.2) is 48.1 Å². The molecule has 0 aliphatic rings. The maximum absolute atomic E-state index is 13.5. The first-order chi connectivity index (χ1) is 15.3. The fourth-order valence-corrected chi connectivity index (χ4v) is 4.47. The molecule has 0 spiro atoms. The molecule has 12 heteroatoms. The fourth-order valence-electron chi connectivity index (χ4n) is 3.00. The van der Waals surface area contributed by atoms with Crippen LogP contribution in [0.25, 0.3) is 22.2 Å². The Morgan fingerprint density at radius 3 is 2.73 bits per heavy atom.